The van der Waals surface area contributed by atoms with Gasteiger partial charge < -0.3 is 9.64 Å². The van der Waals surface area contributed by atoms with E-state index in [0.29, 0.717) is 24.4 Å². The molecule has 2 aromatic carbocycles. The lowest BCUT2D eigenvalue weighted by molar-refractivity contribution is 0.229. The average molecular weight is 335 g/mol. The van der Waals surface area contributed by atoms with Crippen LogP contribution in [0.25, 0.3) is 11.1 Å². The van der Waals surface area contributed by atoms with E-state index in [1.165, 1.54) is 19.2 Å². The van der Waals surface area contributed by atoms with E-state index in [1.54, 1.807) is 16.8 Å². The molecule has 0 radical (unpaired) electrons. The second-order valence-corrected chi connectivity index (χ2v) is 5.78. The number of carbonyl (C=O) groups excluding carboxylic acids is 1. The number of benzene rings is 2. The van der Waals surface area contributed by atoms with Crippen LogP contribution in [0.2, 0.25) is 5.02 Å². The summed E-state index contributed by atoms with van der Waals surface area (Å²) in [5, 5.41) is 0.225. The Morgan fingerprint density at radius 2 is 1.87 bits per heavy atom. The molecule has 2 aromatic rings. The minimum absolute atomic E-state index is 0.0240. The van der Waals surface area contributed by atoms with E-state index < -0.39 is 5.82 Å². The zero-order valence-electron chi connectivity index (χ0n) is 12.8. The maximum Gasteiger partial charge on any atom is 0.324 e. The molecule has 4 nitrogen and oxygen atoms in total. The highest BCUT2D eigenvalue weighted by molar-refractivity contribution is 6.32. The maximum atomic E-state index is 13.7. The molecule has 120 valence electrons. The number of hydrogen-bond donors (Lipinski definition) is 0. The Balaban J connectivity index is 1.96. The first-order chi connectivity index (χ1) is 11.0. The van der Waals surface area contributed by atoms with Gasteiger partial charge in [0.15, 0.2) is 0 Å². The van der Waals surface area contributed by atoms with Gasteiger partial charge in [-0.1, -0.05) is 23.7 Å². The van der Waals surface area contributed by atoms with E-state index in [2.05, 4.69) is 0 Å². The summed E-state index contributed by atoms with van der Waals surface area (Å²) < 4.78 is 18.9. The first-order valence-corrected chi connectivity index (χ1v) is 7.55. The van der Waals surface area contributed by atoms with Crippen molar-refractivity contribution < 1.29 is 13.9 Å². The highest BCUT2D eigenvalue weighted by Gasteiger charge is 2.26. The van der Waals surface area contributed by atoms with Crippen LogP contribution >= 0.6 is 11.6 Å². The monoisotopic (exact) mass is 334 g/mol. The summed E-state index contributed by atoms with van der Waals surface area (Å²) in [5.41, 5.74) is 2.16. The summed E-state index contributed by atoms with van der Waals surface area (Å²) >= 11 is 6.03. The normalized spacial score (nSPS) is 14.5. The molecule has 1 heterocycles. The molecule has 0 atom stereocenters. The molecule has 1 aliphatic heterocycles. The van der Waals surface area contributed by atoms with E-state index >= 15 is 0 Å². The van der Waals surface area contributed by atoms with Crippen molar-refractivity contribution in [3.63, 3.8) is 0 Å². The first-order valence-electron chi connectivity index (χ1n) is 7.17. The molecule has 23 heavy (non-hydrogen) atoms. The van der Waals surface area contributed by atoms with Gasteiger partial charge in [0.1, 0.15) is 11.6 Å². The second kappa shape index (κ2) is 6.08. The molecule has 0 spiro atoms. The summed E-state index contributed by atoms with van der Waals surface area (Å²) in [5.74, 6) is 0.00372. The fraction of sp³-hybridized carbons (Fsp3) is 0.235. The van der Waals surface area contributed by atoms with Crippen molar-refractivity contribution in [3.8, 4) is 16.9 Å². The molecule has 0 aliphatic carbocycles. The van der Waals surface area contributed by atoms with E-state index in [-0.39, 0.29) is 11.1 Å². The highest BCUT2D eigenvalue weighted by atomic mass is 35.5. The van der Waals surface area contributed by atoms with Crippen LogP contribution < -0.4 is 9.64 Å². The third-order valence-electron chi connectivity index (χ3n) is 3.92. The van der Waals surface area contributed by atoms with Gasteiger partial charge in [-0.2, -0.15) is 0 Å². The predicted octanol–water partition coefficient (Wildman–Crippen LogP) is 4.03. The molecule has 1 aliphatic rings. The van der Waals surface area contributed by atoms with Gasteiger partial charge in [0.05, 0.1) is 12.1 Å². The Labute approximate surface area is 139 Å². The van der Waals surface area contributed by atoms with Crippen LogP contribution in [0.5, 0.6) is 5.75 Å². The van der Waals surface area contributed by atoms with E-state index in [9.17, 15) is 9.18 Å². The molecule has 2 amide bonds. The number of hydrogen-bond acceptors (Lipinski definition) is 2. The Hall–Kier alpha value is -2.27. The minimum atomic E-state index is -0.425. The quantitative estimate of drug-likeness (QED) is 0.849. The summed E-state index contributed by atoms with van der Waals surface area (Å²) in [7, 11) is 3.27. The van der Waals surface area contributed by atoms with Crippen molar-refractivity contribution in [1.82, 2.24) is 4.90 Å². The number of carbonyl (C=O) groups is 1. The number of anilines is 1. The van der Waals surface area contributed by atoms with Crippen molar-refractivity contribution in [2.24, 2.45) is 0 Å². The van der Waals surface area contributed by atoms with Crippen LogP contribution in [0, 0.1) is 5.82 Å². The third-order valence-corrected chi connectivity index (χ3v) is 4.20. The molecule has 0 bridgehead atoms. The number of likely N-dealkylation sites (N-methyl/N-ethyl adjacent to an activating group) is 1. The van der Waals surface area contributed by atoms with Crippen molar-refractivity contribution in [3.05, 3.63) is 47.2 Å². The van der Waals surface area contributed by atoms with Gasteiger partial charge >= 0.3 is 6.03 Å². The topological polar surface area (TPSA) is 32.8 Å². The van der Waals surface area contributed by atoms with Gasteiger partial charge in [-0.15, -0.1) is 0 Å². The zero-order chi connectivity index (χ0) is 16.6. The number of methoxy groups -OCH3 is 1. The molecule has 1 saturated heterocycles. The van der Waals surface area contributed by atoms with Crippen LogP contribution in [0.1, 0.15) is 0 Å². The zero-order valence-corrected chi connectivity index (χ0v) is 13.6. The SMILES string of the molecule is COc1c(Cl)cc(F)cc1-c1ccc(N2CCN(C)C2=O)cc1. The van der Waals surface area contributed by atoms with Crippen molar-refractivity contribution in [1.29, 1.82) is 0 Å². The smallest absolute Gasteiger partial charge is 0.324 e. The number of halogens is 2. The lowest BCUT2D eigenvalue weighted by Crippen LogP contribution is -2.29. The number of amides is 2. The second-order valence-electron chi connectivity index (χ2n) is 5.37. The molecule has 0 aromatic heterocycles. The van der Waals surface area contributed by atoms with Gasteiger partial charge in [0.2, 0.25) is 0 Å². The molecule has 0 N–H and O–H groups in total. The van der Waals surface area contributed by atoms with Crippen molar-refractivity contribution in [2.45, 2.75) is 0 Å². The van der Waals surface area contributed by atoms with E-state index in [1.807, 2.05) is 24.3 Å². The third kappa shape index (κ3) is 2.84. The summed E-state index contributed by atoms with van der Waals surface area (Å²) in [6, 6.07) is 9.91. The maximum absolute atomic E-state index is 13.7. The van der Waals surface area contributed by atoms with E-state index in [0.717, 1.165) is 11.3 Å². The molecular formula is C17H16ClFN2O2. The van der Waals surface area contributed by atoms with Crippen LogP contribution in [-0.2, 0) is 0 Å². The molecule has 1 fully saturated rings. The molecular weight excluding hydrogens is 319 g/mol. The van der Waals surface area contributed by atoms with Gasteiger partial charge in [-0.25, -0.2) is 9.18 Å². The van der Waals surface area contributed by atoms with Crippen LogP contribution in [0.15, 0.2) is 36.4 Å². The molecule has 0 saturated carbocycles. The standard InChI is InChI=1S/C17H16ClFN2O2/c1-20-7-8-21(17(20)22)13-5-3-11(4-6-13)14-9-12(19)10-15(18)16(14)23-2/h3-6,9-10H,7-8H2,1-2H3. The fourth-order valence-corrected chi connectivity index (χ4v) is 2.97. The fourth-order valence-electron chi connectivity index (χ4n) is 2.69. The van der Waals surface area contributed by atoms with Gasteiger partial charge in [0, 0.05) is 31.4 Å². The van der Waals surface area contributed by atoms with Crippen LogP contribution in [0.4, 0.5) is 14.9 Å². The Kier molecular flexibility index (Phi) is 4.13. The molecule has 0 unspecified atom stereocenters. The summed E-state index contributed by atoms with van der Waals surface area (Å²) in [4.78, 5) is 15.4. The van der Waals surface area contributed by atoms with Gasteiger partial charge in [-0.3, -0.25) is 4.90 Å². The predicted molar refractivity (Wildman–Crippen MR) is 88.8 cm³/mol. The largest absolute Gasteiger partial charge is 0.495 e. The van der Waals surface area contributed by atoms with E-state index in [4.69, 9.17) is 16.3 Å². The Morgan fingerprint density at radius 1 is 1.17 bits per heavy atom. The Bertz CT molecular complexity index is 749. The Morgan fingerprint density at radius 3 is 2.43 bits per heavy atom. The summed E-state index contributed by atoms with van der Waals surface area (Å²) in [6.07, 6.45) is 0. The highest BCUT2D eigenvalue weighted by Crippen LogP contribution is 2.37. The van der Waals surface area contributed by atoms with Crippen LogP contribution in [-0.4, -0.2) is 38.2 Å². The minimum Gasteiger partial charge on any atom is -0.495 e. The summed E-state index contributed by atoms with van der Waals surface area (Å²) in [6.45, 7) is 1.36. The molecule has 6 heteroatoms. The number of rotatable bonds is 3. The van der Waals surface area contributed by atoms with Gasteiger partial charge in [0.25, 0.3) is 0 Å². The van der Waals surface area contributed by atoms with Crippen molar-refractivity contribution in [2.75, 3.05) is 32.1 Å². The number of nitrogens with zero attached hydrogens (tertiary/aromatic N) is 2. The van der Waals surface area contributed by atoms with Gasteiger partial charge in [-0.05, 0) is 29.8 Å². The average Bonchev–Trinajstić information content (AvgIpc) is 2.86. The molecule has 3 rings (SSSR count). The number of ether oxygens (including phenoxy) is 1. The lowest BCUT2D eigenvalue weighted by atomic mass is 10.0. The van der Waals surface area contributed by atoms with Crippen molar-refractivity contribution >= 4 is 23.3 Å². The lowest BCUT2D eigenvalue weighted by Gasteiger charge is -2.17. The number of urea groups is 1. The first kappa shape index (κ1) is 15.6. The van der Waals surface area contributed by atoms with Crippen LogP contribution in [0.3, 0.4) is 0 Å².